The largest absolute Gasteiger partial charge is 0.507 e. The molecule has 2 heterocycles. The molecule has 1 aromatic carbocycles. The maximum absolute atomic E-state index is 12.5. The fourth-order valence-corrected chi connectivity index (χ4v) is 3.35. The molecule has 3 rings (SSSR count). The van der Waals surface area contributed by atoms with Gasteiger partial charge < -0.3 is 24.8 Å². The number of fused-ring (bicyclic) bond motifs is 1. The zero-order chi connectivity index (χ0) is 17.8. The van der Waals surface area contributed by atoms with Crippen LogP contribution in [0.2, 0.25) is 0 Å². The van der Waals surface area contributed by atoms with E-state index in [0.717, 1.165) is 12.0 Å². The lowest BCUT2D eigenvalue weighted by atomic mass is 10.0. The molecule has 2 aliphatic heterocycles. The number of aryl methyl sites for hydroxylation is 1. The molecule has 0 radical (unpaired) electrons. The Bertz CT molecular complexity index is 646. The Labute approximate surface area is 146 Å². The molecule has 2 saturated heterocycles. The van der Waals surface area contributed by atoms with Crippen LogP contribution < -0.4 is 5.32 Å². The summed E-state index contributed by atoms with van der Waals surface area (Å²) in [5, 5.41) is 12.5. The molecule has 1 aromatic rings. The third-order valence-corrected chi connectivity index (χ3v) is 4.68. The Morgan fingerprint density at radius 3 is 3.00 bits per heavy atom. The van der Waals surface area contributed by atoms with Crippen LogP contribution in [0.1, 0.15) is 28.8 Å². The molecular weight excluding hydrogens is 324 g/mol. The Hall–Kier alpha value is -2.12. The van der Waals surface area contributed by atoms with Crippen LogP contribution in [0.4, 0.5) is 0 Å². The normalized spacial score (nSPS) is 23.0. The van der Waals surface area contributed by atoms with Gasteiger partial charge in [-0.05, 0) is 31.0 Å². The van der Waals surface area contributed by atoms with E-state index in [1.165, 1.54) is 0 Å². The fraction of sp³-hybridized carbons (Fsp3) is 0.556. The van der Waals surface area contributed by atoms with E-state index in [0.29, 0.717) is 26.4 Å². The molecule has 136 valence electrons. The second-order valence-electron chi connectivity index (χ2n) is 6.45. The van der Waals surface area contributed by atoms with Gasteiger partial charge in [0.1, 0.15) is 11.9 Å². The summed E-state index contributed by atoms with van der Waals surface area (Å²) >= 11 is 0. The highest BCUT2D eigenvalue weighted by Crippen LogP contribution is 2.22. The summed E-state index contributed by atoms with van der Waals surface area (Å²) in [4.78, 5) is 26.5. The number of phenols is 1. The number of nitrogens with zero attached hydrogens (tertiary/aromatic N) is 1. The number of phenolic OH excluding ortho intramolecular Hbond substituents is 1. The quantitative estimate of drug-likeness (QED) is 0.842. The molecule has 0 spiro atoms. The van der Waals surface area contributed by atoms with Crippen LogP contribution in [-0.4, -0.2) is 66.9 Å². The number of amides is 2. The fourth-order valence-electron chi connectivity index (χ4n) is 3.35. The number of nitrogens with one attached hydrogen (secondary N) is 1. The van der Waals surface area contributed by atoms with E-state index in [9.17, 15) is 14.7 Å². The van der Waals surface area contributed by atoms with E-state index in [1.54, 1.807) is 18.2 Å². The van der Waals surface area contributed by atoms with Gasteiger partial charge in [-0.2, -0.15) is 0 Å². The average molecular weight is 348 g/mol. The average Bonchev–Trinajstić information content (AvgIpc) is 2.61. The third-order valence-electron chi connectivity index (χ3n) is 4.68. The molecule has 0 aromatic heterocycles. The summed E-state index contributed by atoms with van der Waals surface area (Å²) in [7, 11) is 0. The van der Waals surface area contributed by atoms with E-state index in [2.05, 4.69) is 5.32 Å². The number of carbonyl (C=O) groups excluding carboxylic acids is 2. The third kappa shape index (κ3) is 4.11. The number of aromatic hydroxyl groups is 1. The Morgan fingerprint density at radius 1 is 1.36 bits per heavy atom. The smallest absolute Gasteiger partial charge is 0.255 e. The molecule has 2 amide bonds. The molecule has 0 aliphatic carbocycles. The minimum atomic E-state index is -0.378. The summed E-state index contributed by atoms with van der Waals surface area (Å²) in [5.74, 6) is -0.424. The van der Waals surface area contributed by atoms with Gasteiger partial charge >= 0.3 is 0 Å². The number of morpholine rings is 1. The number of hydrogen-bond donors (Lipinski definition) is 2. The van der Waals surface area contributed by atoms with Crippen molar-refractivity contribution >= 4 is 11.8 Å². The topological polar surface area (TPSA) is 88.1 Å². The van der Waals surface area contributed by atoms with Gasteiger partial charge in [-0.3, -0.25) is 9.59 Å². The van der Waals surface area contributed by atoms with Crippen LogP contribution >= 0.6 is 0 Å². The first-order chi connectivity index (χ1) is 12.1. The van der Waals surface area contributed by atoms with Crippen LogP contribution in [0.15, 0.2) is 18.2 Å². The standard InChI is InChI=1S/C18H24N2O5/c1-12-2-3-13(15(21)10-12)18(23)19-6-4-17(22)20-7-9-25-16-11-24-8-5-14(16)20/h2-3,10,14,16,21H,4-9,11H2,1H3,(H,19,23)/t14-,16+/m0/s1. The van der Waals surface area contributed by atoms with Crippen LogP contribution in [0, 0.1) is 6.92 Å². The SMILES string of the molecule is Cc1ccc(C(=O)NCCC(=O)N2CCO[C@@H]3COCC[C@@H]32)c(O)c1. The van der Waals surface area contributed by atoms with Crippen molar-refractivity contribution in [3.05, 3.63) is 29.3 Å². The molecule has 2 aliphatic rings. The van der Waals surface area contributed by atoms with E-state index in [1.807, 2.05) is 11.8 Å². The summed E-state index contributed by atoms with van der Waals surface area (Å²) in [6, 6.07) is 4.95. The molecule has 2 fully saturated rings. The zero-order valence-corrected chi connectivity index (χ0v) is 14.4. The monoisotopic (exact) mass is 348 g/mol. The van der Waals surface area contributed by atoms with Gasteiger partial charge in [-0.25, -0.2) is 0 Å². The highest BCUT2D eigenvalue weighted by atomic mass is 16.5. The minimum absolute atomic E-state index is 0.00799. The van der Waals surface area contributed by atoms with E-state index >= 15 is 0 Å². The van der Waals surface area contributed by atoms with Crippen molar-refractivity contribution in [3.63, 3.8) is 0 Å². The Morgan fingerprint density at radius 2 is 2.20 bits per heavy atom. The highest BCUT2D eigenvalue weighted by Gasteiger charge is 2.36. The van der Waals surface area contributed by atoms with Gasteiger partial charge in [0.25, 0.3) is 5.91 Å². The molecule has 25 heavy (non-hydrogen) atoms. The second-order valence-corrected chi connectivity index (χ2v) is 6.45. The van der Waals surface area contributed by atoms with Crippen LogP contribution in [0.25, 0.3) is 0 Å². The van der Waals surface area contributed by atoms with Crippen molar-refractivity contribution < 1.29 is 24.2 Å². The summed E-state index contributed by atoms with van der Waals surface area (Å²) < 4.78 is 11.1. The van der Waals surface area contributed by atoms with Crippen LogP contribution in [0.5, 0.6) is 5.75 Å². The number of ether oxygens (including phenoxy) is 2. The van der Waals surface area contributed by atoms with Gasteiger partial charge in [0.2, 0.25) is 5.91 Å². The molecule has 0 saturated carbocycles. The van der Waals surface area contributed by atoms with Crippen molar-refractivity contribution in [3.8, 4) is 5.75 Å². The van der Waals surface area contributed by atoms with Crippen LogP contribution in [0.3, 0.4) is 0 Å². The summed E-state index contributed by atoms with van der Waals surface area (Å²) in [6.45, 7) is 4.32. The van der Waals surface area contributed by atoms with Crippen molar-refractivity contribution in [2.45, 2.75) is 31.9 Å². The number of carbonyl (C=O) groups is 2. The number of benzene rings is 1. The lowest BCUT2D eigenvalue weighted by molar-refractivity contribution is -0.161. The Kier molecular flexibility index (Phi) is 5.55. The lowest BCUT2D eigenvalue weighted by Crippen LogP contribution is -2.57. The maximum atomic E-state index is 12.5. The van der Waals surface area contributed by atoms with Crippen molar-refractivity contribution in [2.75, 3.05) is 32.9 Å². The summed E-state index contributed by atoms with van der Waals surface area (Å²) in [6.07, 6.45) is 0.952. The van der Waals surface area contributed by atoms with Crippen LogP contribution in [-0.2, 0) is 14.3 Å². The molecule has 0 unspecified atom stereocenters. The molecule has 2 atom stereocenters. The van der Waals surface area contributed by atoms with Gasteiger partial charge in [-0.15, -0.1) is 0 Å². The van der Waals surface area contributed by atoms with Gasteiger partial charge in [0.05, 0.1) is 24.8 Å². The van der Waals surface area contributed by atoms with Gasteiger partial charge in [0.15, 0.2) is 0 Å². The second kappa shape index (κ2) is 7.84. The first kappa shape index (κ1) is 17.7. The van der Waals surface area contributed by atoms with Crippen molar-refractivity contribution in [1.29, 1.82) is 0 Å². The predicted octanol–water partition coefficient (Wildman–Crippen LogP) is 0.837. The van der Waals surface area contributed by atoms with E-state index in [4.69, 9.17) is 9.47 Å². The minimum Gasteiger partial charge on any atom is -0.507 e. The van der Waals surface area contributed by atoms with Crippen molar-refractivity contribution in [1.82, 2.24) is 10.2 Å². The van der Waals surface area contributed by atoms with E-state index in [-0.39, 0.29) is 48.2 Å². The van der Waals surface area contributed by atoms with Gasteiger partial charge in [0, 0.05) is 26.1 Å². The predicted molar refractivity (Wildman–Crippen MR) is 90.5 cm³/mol. The molecule has 0 bridgehead atoms. The lowest BCUT2D eigenvalue weighted by Gasteiger charge is -2.43. The molecular formula is C18H24N2O5. The van der Waals surface area contributed by atoms with E-state index < -0.39 is 0 Å². The number of hydrogen-bond acceptors (Lipinski definition) is 5. The Balaban J connectivity index is 1.51. The molecule has 7 heteroatoms. The molecule has 7 nitrogen and oxygen atoms in total. The summed E-state index contributed by atoms with van der Waals surface area (Å²) in [5.41, 5.74) is 1.09. The molecule has 2 N–H and O–H groups in total. The number of rotatable bonds is 4. The first-order valence-corrected chi connectivity index (χ1v) is 8.63. The van der Waals surface area contributed by atoms with Crippen molar-refractivity contribution in [2.24, 2.45) is 0 Å². The first-order valence-electron chi connectivity index (χ1n) is 8.63. The highest BCUT2D eigenvalue weighted by molar-refractivity contribution is 5.97. The van der Waals surface area contributed by atoms with Gasteiger partial charge in [-0.1, -0.05) is 6.07 Å². The zero-order valence-electron chi connectivity index (χ0n) is 14.4. The maximum Gasteiger partial charge on any atom is 0.255 e.